The van der Waals surface area contributed by atoms with Crippen molar-refractivity contribution < 1.29 is 9.59 Å². The topological polar surface area (TPSA) is 68.7 Å². The Labute approximate surface area is 232 Å². The first-order valence-corrected chi connectivity index (χ1v) is 15.4. The van der Waals surface area contributed by atoms with Crippen LogP contribution in [0.15, 0.2) is 46.4 Å². The fourth-order valence-electron chi connectivity index (χ4n) is 4.73. The van der Waals surface area contributed by atoms with Crippen molar-refractivity contribution in [1.29, 1.82) is 0 Å². The second-order valence-electron chi connectivity index (χ2n) is 9.83. The van der Waals surface area contributed by atoms with Crippen molar-refractivity contribution in [2.24, 2.45) is 9.98 Å². The van der Waals surface area contributed by atoms with E-state index >= 15 is 0 Å². The smallest absolute Gasteiger partial charge is 0.248 e. The molecular weight excluding hydrogens is 512 g/mol. The Balaban J connectivity index is 1.18. The van der Waals surface area contributed by atoms with Crippen LogP contribution in [0.1, 0.15) is 76.3 Å². The molecule has 2 aromatic heterocycles. The lowest BCUT2D eigenvalue weighted by molar-refractivity contribution is -0.119. The molecule has 4 aromatic rings. The van der Waals surface area contributed by atoms with Crippen molar-refractivity contribution in [3.8, 4) is 0 Å². The average Bonchev–Trinajstić information content (AvgIpc) is 3.40. The van der Waals surface area contributed by atoms with Gasteiger partial charge in [0.15, 0.2) is 9.60 Å². The largest absolute Gasteiger partial charge is 0.317 e. The number of thiazole rings is 2. The van der Waals surface area contributed by atoms with Gasteiger partial charge in [0.1, 0.15) is 0 Å². The Morgan fingerprint density at radius 3 is 1.45 bits per heavy atom. The highest BCUT2D eigenvalue weighted by atomic mass is 32.1. The molecule has 8 heteroatoms. The van der Waals surface area contributed by atoms with E-state index in [9.17, 15) is 9.59 Å². The molecule has 0 N–H and O–H groups in total. The van der Waals surface area contributed by atoms with Gasteiger partial charge < -0.3 is 9.13 Å². The van der Waals surface area contributed by atoms with Crippen LogP contribution in [-0.2, 0) is 22.7 Å². The lowest BCUT2D eigenvalue weighted by Crippen LogP contribution is -2.15. The molecule has 0 aliphatic heterocycles. The van der Waals surface area contributed by atoms with E-state index in [4.69, 9.17) is 0 Å². The number of rotatable bonds is 11. The Bertz CT molecular complexity index is 1450. The summed E-state index contributed by atoms with van der Waals surface area (Å²) in [6, 6.07) is 12.7. The third-order valence-corrected chi connectivity index (χ3v) is 8.86. The van der Waals surface area contributed by atoms with Crippen molar-refractivity contribution in [2.75, 3.05) is 0 Å². The molecule has 2 amide bonds. The number of benzene rings is 2. The summed E-state index contributed by atoms with van der Waals surface area (Å²) in [6.07, 6.45) is 6.85. The normalized spacial score (nSPS) is 12.7. The molecule has 2 aromatic carbocycles. The predicted octanol–water partition coefficient (Wildman–Crippen LogP) is 7.05. The van der Waals surface area contributed by atoms with Gasteiger partial charge in [0, 0.05) is 25.9 Å². The van der Waals surface area contributed by atoms with Crippen LogP contribution >= 0.6 is 22.7 Å². The van der Waals surface area contributed by atoms with E-state index in [-0.39, 0.29) is 11.8 Å². The Kier molecular flexibility index (Phi) is 9.86. The molecule has 0 saturated heterocycles. The molecule has 0 aliphatic rings. The number of nitrogens with zero attached hydrogens (tertiary/aromatic N) is 4. The van der Waals surface area contributed by atoms with Crippen molar-refractivity contribution in [2.45, 2.75) is 92.2 Å². The number of carbonyl (C=O) groups excluding carboxylic acids is 2. The summed E-state index contributed by atoms with van der Waals surface area (Å²) < 4.78 is 6.59. The quantitative estimate of drug-likeness (QED) is 0.188. The number of aromatic nitrogens is 2. The number of aryl methyl sites for hydroxylation is 4. The van der Waals surface area contributed by atoms with E-state index in [0.29, 0.717) is 12.8 Å². The maximum absolute atomic E-state index is 12.5. The van der Waals surface area contributed by atoms with E-state index in [1.165, 1.54) is 20.5 Å². The molecule has 6 nitrogen and oxygen atoms in total. The summed E-state index contributed by atoms with van der Waals surface area (Å²) in [6.45, 7) is 9.94. The first-order chi connectivity index (χ1) is 18.4. The van der Waals surface area contributed by atoms with E-state index in [1.807, 2.05) is 0 Å². The molecule has 2 heterocycles. The number of unbranched alkanes of at least 4 members (excludes halogenated alkanes) is 5. The minimum atomic E-state index is -0.0385. The van der Waals surface area contributed by atoms with Gasteiger partial charge >= 0.3 is 0 Å². The molecule has 0 atom stereocenters. The standard InChI is InChI=1S/C30H38N4O2S2/c1-5-33-23-17-15-21(3)19-25(23)37-29(33)31-27(35)13-11-9-7-8-10-12-14-28(36)32-30-34(6-2)24-18-16-22(4)20-26(24)38-30/h15-20H,5-14H2,1-4H3. The first-order valence-electron chi connectivity index (χ1n) is 13.7. The number of carbonyl (C=O) groups is 2. The Morgan fingerprint density at radius 2 is 1.05 bits per heavy atom. The second kappa shape index (κ2) is 13.3. The summed E-state index contributed by atoms with van der Waals surface area (Å²) in [5.74, 6) is -0.0770. The van der Waals surface area contributed by atoms with Gasteiger partial charge in [-0.25, -0.2) is 0 Å². The summed E-state index contributed by atoms with van der Waals surface area (Å²) in [7, 11) is 0. The summed E-state index contributed by atoms with van der Waals surface area (Å²) in [5.41, 5.74) is 4.72. The number of hydrogen-bond donors (Lipinski definition) is 0. The van der Waals surface area contributed by atoms with Crippen LogP contribution in [0, 0.1) is 13.8 Å². The van der Waals surface area contributed by atoms with Crippen LogP contribution in [0.4, 0.5) is 0 Å². The molecule has 0 saturated carbocycles. The van der Waals surface area contributed by atoms with Gasteiger partial charge in [0.05, 0.1) is 20.4 Å². The zero-order chi connectivity index (χ0) is 27.1. The molecule has 0 bridgehead atoms. The molecule has 4 rings (SSSR count). The Hall–Kier alpha value is -2.84. The highest BCUT2D eigenvalue weighted by molar-refractivity contribution is 7.16. The van der Waals surface area contributed by atoms with Crippen molar-refractivity contribution in [1.82, 2.24) is 9.13 Å². The lowest BCUT2D eigenvalue weighted by Gasteiger charge is -2.02. The molecule has 0 unspecified atom stereocenters. The van der Waals surface area contributed by atoms with Crippen LogP contribution in [-0.4, -0.2) is 20.9 Å². The van der Waals surface area contributed by atoms with Gasteiger partial charge in [-0.15, -0.1) is 0 Å². The number of amides is 2. The van der Waals surface area contributed by atoms with E-state index in [0.717, 1.165) is 72.3 Å². The van der Waals surface area contributed by atoms with E-state index in [1.54, 1.807) is 22.7 Å². The fourth-order valence-corrected chi connectivity index (χ4v) is 7.15. The summed E-state index contributed by atoms with van der Waals surface area (Å²) in [4.78, 5) is 35.4. The lowest BCUT2D eigenvalue weighted by atomic mass is 10.1. The first kappa shape index (κ1) is 28.2. The Morgan fingerprint density at radius 1 is 0.658 bits per heavy atom. The SMILES string of the molecule is CCn1c(=NC(=O)CCCCCCCCC(=O)N=c2sc3cc(C)ccc3n2CC)sc2cc(C)ccc21. The highest BCUT2D eigenvalue weighted by Crippen LogP contribution is 2.20. The molecule has 0 radical (unpaired) electrons. The summed E-state index contributed by atoms with van der Waals surface area (Å²) in [5, 5.41) is 0. The zero-order valence-corrected chi connectivity index (χ0v) is 24.6. The van der Waals surface area contributed by atoms with E-state index in [2.05, 4.69) is 83.2 Å². The van der Waals surface area contributed by atoms with Crippen molar-refractivity contribution in [3.63, 3.8) is 0 Å². The van der Waals surface area contributed by atoms with Gasteiger partial charge in [-0.2, -0.15) is 9.98 Å². The minimum absolute atomic E-state index is 0.0385. The third-order valence-electron chi connectivity index (χ3n) is 6.78. The van der Waals surface area contributed by atoms with E-state index < -0.39 is 0 Å². The molecule has 0 aliphatic carbocycles. The van der Waals surface area contributed by atoms with Crippen LogP contribution in [0.25, 0.3) is 20.4 Å². The molecular formula is C30H38N4O2S2. The van der Waals surface area contributed by atoms with Gasteiger partial charge in [-0.3, -0.25) is 9.59 Å². The van der Waals surface area contributed by atoms with Crippen LogP contribution in [0.5, 0.6) is 0 Å². The van der Waals surface area contributed by atoms with Crippen LogP contribution in [0.3, 0.4) is 0 Å². The van der Waals surface area contributed by atoms with Gasteiger partial charge in [0.2, 0.25) is 11.8 Å². The zero-order valence-electron chi connectivity index (χ0n) is 23.0. The monoisotopic (exact) mass is 550 g/mol. The van der Waals surface area contributed by atoms with Gasteiger partial charge in [-0.1, -0.05) is 60.5 Å². The maximum Gasteiger partial charge on any atom is 0.248 e. The van der Waals surface area contributed by atoms with Crippen LogP contribution < -0.4 is 9.60 Å². The molecule has 0 spiro atoms. The third kappa shape index (κ3) is 6.97. The summed E-state index contributed by atoms with van der Waals surface area (Å²) >= 11 is 3.18. The predicted molar refractivity (Wildman–Crippen MR) is 159 cm³/mol. The van der Waals surface area contributed by atoms with Crippen LogP contribution in [0.2, 0.25) is 0 Å². The average molecular weight is 551 g/mol. The molecule has 202 valence electrons. The highest BCUT2D eigenvalue weighted by Gasteiger charge is 2.09. The molecule has 0 fully saturated rings. The number of hydrogen-bond acceptors (Lipinski definition) is 4. The maximum atomic E-state index is 12.5. The second-order valence-corrected chi connectivity index (χ2v) is 11.9. The van der Waals surface area contributed by atoms with Crippen molar-refractivity contribution in [3.05, 3.63) is 57.1 Å². The van der Waals surface area contributed by atoms with Gasteiger partial charge in [0.25, 0.3) is 0 Å². The minimum Gasteiger partial charge on any atom is -0.317 e. The van der Waals surface area contributed by atoms with Crippen molar-refractivity contribution >= 4 is 54.9 Å². The number of fused-ring (bicyclic) bond motifs is 2. The molecule has 38 heavy (non-hydrogen) atoms. The van der Waals surface area contributed by atoms with Gasteiger partial charge in [-0.05, 0) is 75.9 Å². The fraction of sp³-hybridized carbons (Fsp3) is 0.467.